The molecule has 0 aliphatic heterocycles. The first-order valence-electron chi connectivity index (χ1n) is 5.12. The lowest BCUT2D eigenvalue weighted by Gasteiger charge is -2.21. The quantitative estimate of drug-likeness (QED) is 0.700. The summed E-state index contributed by atoms with van der Waals surface area (Å²) >= 11 is 0. The van der Waals surface area contributed by atoms with Gasteiger partial charge in [0.25, 0.3) is 0 Å². The van der Waals surface area contributed by atoms with Crippen molar-refractivity contribution in [2.75, 3.05) is 11.9 Å². The monoisotopic (exact) mass is 224 g/mol. The fraction of sp³-hybridized carbons (Fsp3) is 0.455. The van der Waals surface area contributed by atoms with Crippen LogP contribution in [-0.2, 0) is 0 Å². The smallest absolute Gasteiger partial charge is 0.356 e. The van der Waals surface area contributed by atoms with Gasteiger partial charge in [-0.3, -0.25) is 0 Å². The summed E-state index contributed by atoms with van der Waals surface area (Å²) in [4.78, 5) is 14.7. The maximum Gasteiger partial charge on any atom is 0.356 e. The van der Waals surface area contributed by atoms with E-state index >= 15 is 0 Å². The zero-order chi connectivity index (χ0) is 12.1. The number of carboxylic acid groups (broad SMARTS) is 1. The number of rotatable bonds is 5. The maximum atomic E-state index is 10.9. The third-order valence-corrected chi connectivity index (χ3v) is 2.35. The van der Waals surface area contributed by atoms with E-state index in [1.807, 2.05) is 13.8 Å². The van der Waals surface area contributed by atoms with Gasteiger partial charge in [-0.2, -0.15) is 0 Å². The van der Waals surface area contributed by atoms with E-state index in [2.05, 4.69) is 10.3 Å². The lowest BCUT2D eigenvalue weighted by Crippen LogP contribution is -2.30. The molecule has 0 fully saturated rings. The number of anilines is 1. The lowest BCUT2D eigenvalue weighted by atomic mass is 10.0. The highest BCUT2D eigenvalue weighted by atomic mass is 16.4. The van der Waals surface area contributed by atoms with Crippen LogP contribution in [-0.4, -0.2) is 33.8 Å². The van der Waals surface area contributed by atoms with Gasteiger partial charge in [0, 0.05) is 6.20 Å². The molecule has 0 saturated heterocycles. The molecule has 3 N–H and O–H groups in total. The number of aliphatic hydroxyl groups excluding tert-OH is 1. The van der Waals surface area contributed by atoms with Crippen molar-refractivity contribution in [2.45, 2.75) is 19.9 Å². The molecule has 0 spiro atoms. The van der Waals surface area contributed by atoms with Gasteiger partial charge >= 0.3 is 5.97 Å². The number of carboxylic acids is 1. The standard InChI is InChI=1S/C11H16N2O3/c1-7(2)9(6-14)13-8-4-3-5-12-10(8)11(15)16/h3-5,7,9,13-14H,6H2,1-2H3,(H,15,16). The largest absolute Gasteiger partial charge is 0.476 e. The molecular formula is C11H16N2O3. The third-order valence-electron chi connectivity index (χ3n) is 2.35. The third kappa shape index (κ3) is 2.93. The van der Waals surface area contributed by atoms with E-state index in [0.29, 0.717) is 5.69 Å². The molecule has 0 aromatic carbocycles. The van der Waals surface area contributed by atoms with Gasteiger partial charge in [0.05, 0.1) is 18.3 Å². The minimum Gasteiger partial charge on any atom is -0.476 e. The van der Waals surface area contributed by atoms with Crippen molar-refractivity contribution in [3.05, 3.63) is 24.0 Å². The Morgan fingerprint density at radius 3 is 2.75 bits per heavy atom. The van der Waals surface area contributed by atoms with E-state index in [4.69, 9.17) is 10.2 Å². The number of hydrogen-bond donors (Lipinski definition) is 3. The fourth-order valence-electron chi connectivity index (χ4n) is 1.32. The molecule has 1 aromatic rings. The molecule has 16 heavy (non-hydrogen) atoms. The van der Waals surface area contributed by atoms with Gasteiger partial charge in [-0.05, 0) is 18.1 Å². The van der Waals surface area contributed by atoms with Gasteiger partial charge in [0.2, 0.25) is 0 Å². The van der Waals surface area contributed by atoms with Crippen LogP contribution in [0.15, 0.2) is 18.3 Å². The molecule has 5 heteroatoms. The second kappa shape index (κ2) is 5.46. The highest BCUT2D eigenvalue weighted by Gasteiger charge is 2.16. The van der Waals surface area contributed by atoms with Crippen LogP contribution in [0.4, 0.5) is 5.69 Å². The van der Waals surface area contributed by atoms with Crippen LogP contribution >= 0.6 is 0 Å². The van der Waals surface area contributed by atoms with E-state index in [0.717, 1.165) is 0 Å². The van der Waals surface area contributed by atoms with Crippen LogP contribution in [0.1, 0.15) is 24.3 Å². The molecule has 1 aromatic heterocycles. The van der Waals surface area contributed by atoms with Crippen LogP contribution in [0.2, 0.25) is 0 Å². The molecule has 88 valence electrons. The number of aromatic nitrogens is 1. The van der Waals surface area contributed by atoms with Crippen molar-refractivity contribution >= 4 is 11.7 Å². The van der Waals surface area contributed by atoms with Gasteiger partial charge in [0.1, 0.15) is 0 Å². The highest BCUT2D eigenvalue weighted by Crippen LogP contribution is 2.16. The van der Waals surface area contributed by atoms with E-state index in [9.17, 15) is 4.79 Å². The number of pyridine rings is 1. The molecule has 1 rings (SSSR count). The Morgan fingerprint density at radius 2 is 2.25 bits per heavy atom. The molecule has 1 atom stereocenters. The molecule has 0 aliphatic rings. The zero-order valence-electron chi connectivity index (χ0n) is 9.34. The van der Waals surface area contributed by atoms with E-state index in [-0.39, 0.29) is 24.3 Å². The number of nitrogens with one attached hydrogen (secondary N) is 1. The summed E-state index contributed by atoms with van der Waals surface area (Å²) in [5.74, 6) is -0.879. The van der Waals surface area contributed by atoms with E-state index in [1.54, 1.807) is 12.1 Å². The van der Waals surface area contributed by atoms with Crippen molar-refractivity contribution in [2.24, 2.45) is 5.92 Å². The Hall–Kier alpha value is -1.62. The number of nitrogens with zero attached hydrogens (tertiary/aromatic N) is 1. The molecule has 5 nitrogen and oxygen atoms in total. The average Bonchev–Trinajstić information content (AvgIpc) is 2.25. The topological polar surface area (TPSA) is 82.5 Å². The predicted molar refractivity (Wildman–Crippen MR) is 60.5 cm³/mol. The second-order valence-corrected chi connectivity index (χ2v) is 3.88. The van der Waals surface area contributed by atoms with Crippen molar-refractivity contribution < 1.29 is 15.0 Å². The zero-order valence-corrected chi connectivity index (χ0v) is 9.34. The average molecular weight is 224 g/mol. The Labute approximate surface area is 94.1 Å². The predicted octanol–water partition coefficient (Wildman–Crippen LogP) is 1.21. The van der Waals surface area contributed by atoms with Crippen LogP contribution in [0.5, 0.6) is 0 Å². The summed E-state index contributed by atoms with van der Waals surface area (Å²) < 4.78 is 0. The summed E-state index contributed by atoms with van der Waals surface area (Å²) in [6.07, 6.45) is 1.43. The first-order chi connectivity index (χ1) is 7.56. The number of aliphatic hydroxyl groups is 1. The molecule has 0 aliphatic carbocycles. The van der Waals surface area contributed by atoms with Gasteiger partial charge in [-0.15, -0.1) is 0 Å². The minimum absolute atomic E-state index is 0.0263. The Kier molecular flexibility index (Phi) is 4.25. The summed E-state index contributed by atoms with van der Waals surface area (Å²) in [7, 11) is 0. The summed E-state index contributed by atoms with van der Waals surface area (Å²) in [5.41, 5.74) is 0.407. The van der Waals surface area contributed by atoms with E-state index < -0.39 is 5.97 Å². The van der Waals surface area contributed by atoms with E-state index in [1.165, 1.54) is 6.20 Å². The number of carbonyl (C=O) groups is 1. The fourth-order valence-corrected chi connectivity index (χ4v) is 1.32. The summed E-state index contributed by atoms with van der Waals surface area (Å²) in [6.45, 7) is 3.85. The number of hydrogen-bond acceptors (Lipinski definition) is 4. The van der Waals surface area contributed by atoms with Crippen molar-refractivity contribution in [1.29, 1.82) is 0 Å². The Balaban J connectivity index is 2.91. The highest BCUT2D eigenvalue weighted by molar-refractivity contribution is 5.91. The van der Waals surface area contributed by atoms with Gasteiger partial charge in [-0.25, -0.2) is 9.78 Å². The molecule has 0 saturated carbocycles. The molecule has 0 amide bonds. The molecule has 1 heterocycles. The molecule has 1 unspecified atom stereocenters. The van der Waals surface area contributed by atoms with Crippen molar-refractivity contribution in [3.8, 4) is 0 Å². The van der Waals surface area contributed by atoms with Crippen molar-refractivity contribution in [3.63, 3.8) is 0 Å². The second-order valence-electron chi connectivity index (χ2n) is 3.88. The maximum absolute atomic E-state index is 10.9. The molecular weight excluding hydrogens is 208 g/mol. The summed E-state index contributed by atoms with van der Waals surface area (Å²) in [5, 5.41) is 21.1. The van der Waals surface area contributed by atoms with Gasteiger partial charge in [-0.1, -0.05) is 13.8 Å². The Morgan fingerprint density at radius 1 is 1.56 bits per heavy atom. The van der Waals surface area contributed by atoms with Crippen LogP contribution < -0.4 is 5.32 Å². The first-order valence-corrected chi connectivity index (χ1v) is 5.12. The molecule has 0 radical (unpaired) electrons. The lowest BCUT2D eigenvalue weighted by molar-refractivity contribution is 0.0691. The summed E-state index contributed by atoms with van der Waals surface area (Å²) in [6, 6.07) is 3.12. The minimum atomic E-state index is -1.08. The SMILES string of the molecule is CC(C)C(CO)Nc1cccnc1C(=O)O. The first kappa shape index (κ1) is 12.4. The molecule has 0 bridgehead atoms. The number of aromatic carboxylic acids is 1. The van der Waals surface area contributed by atoms with Gasteiger partial charge < -0.3 is 15.5 Å². The normalized spacial score (nSPS) is 12.5. The van der Waals surface area contributed by atoms with Gasteiger partial charge in [0.15, 0.2) is 5.69 Å². The van der Waals surface area contributed by atoms with Crippen LogP contribution in [0.25, 0.3) is 0 Å². The Bertz CT molecular complexity index is 366. The van der Waals surface area contributed by atoms with Crippen LogP contribution in [0, 0.1) is 5.92 Å². The van der Waals surface area contributed by atoms with Crippen molar-refractivity contribution in [1.82, 2.24) is 4.98 Å². The van der Waals surface area contributed by atoms with Crippen LogP contribution in [0.3, 0.4) is 0 Å².